The van der Waals surface area contributed by atoms with Gasteiger partial charge in [-0.25, -0.2) is 0 Å². The molecule has 0 bridgehead atoms. The Morgan fingerprint density at radius 3 is 2.86 bits per heavy atom. The number of hydrogen-bond acceptors (Lipinski definition) is 3. The van der Waals surface area contributed by atoms with Gasteiger partial charge < -0.3 is 10.2 Å². The van der Waals surface area contributed by atoms with Gasteiger partial charge in [0.15, 0.2) is 0 Å². The fourth-order valence-electron chi connectivity index (χ4n) is 2.52. The molecule has 0 spiro atoms. The second-order valence-corrected chi connectivity index (χ2v) is 5.43. The molecule has 1 aliphatic heterocycles. The highest BCUT2D eigenvalue weighted by Gasteiger charge is 2.14. The van der Waals surface area contributed by atoms with E-state index in [4.69, 9.17) is 0 Å². The quantitative estimate of drug-likeness (QED) is 0.860. The van der Waals surface area contributed by atoms with Gasteiger partial charge in [0.25, 0.3) is 0 Å². The highest BCUT2D eigenvalue weighted by atomic mass is 16.2. The summed E-state index contributed by atoms with van der Waals surface area (Å²) in [6, 6.07) is 9.81. The summed E-state index contributed by atoms with van der Waals surface area (Å²) in [5, 5.41) is 7.07. The fourth-order valence-corrected chi connectivity index (χ4v) is 2.52. The van der Waals surface area contributed by atoms with Crippen molar-refractivity contribution in [3.05, 3.63) is 60.4 Å². The lowest BCUT2D eigenvalue weighted by Gasteiger charge is -2.19. The van der Waals surface area contributed by atoms with Crippen molar-refractivity contribution in [3.8, 4) is 0 Å². The topological polar surface area (TPSA) is 50.2 Å². The molecule has 1 aromatic heterocycles. The zero-order chi connectivity index (χ0) is 15.4. The number of rotatable bonds is 5. The van der Waals surface area contributed by atoms with E-state index in [-0.39, 0.29) is 11.9 Å². The average Bonchev–Trinajstić information content (AvgIpc) is 3.24. The molecule has 5 nitrogen and oxygen atoms in total. The van der Waals surface area contributed by atoms with E-state index in [1.807, 2.05) is 25.1 Å². The van der Waals surface area contributed by atoms with Gasteiger partial charge in [-0.1, -0.05) is 24.3 Å². The van der Waals surface area contributed by atoms with Gasteiger partial charge in [0.1, 0.15) is 6.04 Å². The van der Waals surface area contributed by atoms with Gasteiger partial charge in [0, 0.05) is 37.7 Å². The summed E-state index contributed by atoms with van der Waals surface area (Å²) < 4.78 is 1.65. The van der Waals surface area contributed by atoms with Crippen LogP contribution >= 0.6 is 0 Å². The van der Waals surface area contributed by atoms with E-state index in [2.05, 4.69) is 39.6 Å². The Morgan fingerprint density at radius 2 is 2.14 bits per heavy atom. The predicted octanol–water partition coefficient (Wildman–Crippen LogP) is 2.14. The third-order valence-corrected chi connectivity index (χ3v) is 3.86. The lowest BCUT2D eigenvalue weighted by molar-refractivity contribution is -0.124. The molecule has 1 aromatic carbocycles. The molecule has 22 heavy (non-hydrogen) atoms. The van der Waals surface area contributed by atoms with Gasteiger partial charge in [0.05, 0.1) is 0 Å². The van der Waals surface area contributed by atoms with Crippen LogP contribution in [0.15, 0.2) is 54.9 Å². The lowest BCUT2D eigenvalue weighted by atomic mass is 10.2. The highest BCUT2D eigenvalue weighted by Crippen LogP contribution is 2.18. The molecule has 0 fully saturated rings. The number of amides is 1. The maximum atomic E-state index is 12.2. The number of benzene rings is 1. The molecule has 0 unspecified atom stereocenters. The largest absolute Gasteiger partial charge is 0.364 e. The Kier molecular flexibility index (Phi) is 4.23. The molecule has 1 N–H and O–H groups in total. The zero-order valence-corrected chi connectivity index (χ0v) is 12.6. The molecule has 0 saturated carbocycles. The molecule has 0 saturated heterocycles. The minimum absolute atomic E-state index is 0.0306. The first-order chi connectivity index (χ1) is 10.7. The molecule has 1 amide bonds. The first kappa shape index (κ1) is 14.4. The SMILES string of the molecule is C[C@@H](C(=O)NCc1cccc(N2CC=CC2)c1)n1cccn1. The maximum Gasteiger partial charge on any atom is 0.244 e. The average molecular weight is 296 g/mol. The van der Waals surface area contributed by atoms with Crippen LogP contribution in [-0.4, -0.2) is 28.8 Å². The van der Waals surface area contributed by atoms with Crippen molar-refractivity contribution < 1.29 is 4.79 Å². The minimum atomic E-state index is -0.305. The minimum Gasteiger partial charge on any atom is -0.364 e. The van der Waals surface area contributed by atoms with Crippen molar-refractivity contribution >= 4 is 11.6 Å². The lowest BCUT2D eigenvalue weighted by Crippen LogP contribution is -2.30. The van der Waals surface area contributed by atoms with Crippen LogP contribution in [0.3, 0.4) is 0 Å². The van der Waals surface area contributed by atoms with Crippen LogP contribution in [-0.2, 0) is 11.3 Å². The Bertz CT molecular complexity index is 655. The summed E-state index contributed by atoms with van der Waals surface area (Å²) in [5.74, 6) is -0.0306. The predicted molar refractivity (Wildman–Crippen MR) is 86.6 cm³/mol. The Hall–Kier alpha value is -2.56. The van der Waals surface area contributed by atoms with Crippen molar-refractivity contribution in [2.75, 3.05) is 18.0 Å². The number of nitrogens with zero attached hydrogens (tertiary/aromatic N) is 3. The van der Waals surface area contributed by atoms with Crippen molar-refractivity contribution in [3.63, 3.8) is 0 Å². The summed E-state index contributed by atoms with van der Waals surface area (Å²) in [4.78, 5) is 14.5. The van der Waals surface area contributed by atoms with Crippen LogP contribution in [0.4, 0.5) is 5.69 Å². The normalized spacial score (nSPS) is 15.0. The van der Waals surface area contributed by atoms with Gasteiger partial charge in [-0.2, -0.15) is 5.10 Å². The van der Waals surface area contributed by atoms with Crippen LogP contribution in [0.2, 0.25) is 0 Å². The van der Waals surface area contributed by atoms with Gasteiger partial charge in [0.2, 0.25) is 5.91 Å². The highest BCUT2D eigenvalue weighted by molar-refractivity contribution is 5.79. The second kappa shape index (κ2) is 6.47. The van der Waals surface area contributed by atoms with Crippen LogP contribution in [0, 0.1) is 0 Å². The number of carbonyl (C=O) groups is 1. The Morgan fingerprint density at radius 1 is 1.32 bits per heavy atom. The van der Waals surface area contributed by atoms with Gasteiger partial charge in [-0.05, 0) is 30.7 Å². The third kappa shape index (κ3) is 3.19. The molecule has 114 valence electrons. The molecule has 0 radical (unpaired) electrons. The number of anilines is 1. The molecule has 0 aliphatic carbocycles. The molecule has 1 atom stereocenters. The Balaban J connectivity index is 1.59. The summed E-state index contributed by atoms with van der Waals surface area (Å²) in [7, 11) is 0. The smallest absolute Gasteiger partial charge is 0.244 e. The van der Waals surface area contributed by atoms with Crippen molar-refractivity contribution in [1.29, 1.82) is 0 Å². The van der Waals surface area contributed by atoms with Crippen LogP contribution in [0.5, 0.6) is 0 Å². The molecule has 1 aliphatic rings. The van der Waals surface area contributed by atoms with Crippen LogP contribution < -0.4 is 10.2 Å². The number of hydrogen-bond donors (Lipinski definition) is 1. The molecular formula is C17H20N4O. The zero-order valence-electron chi connectivity index (χ0n) is 12.6. The molecule has 5 heteroatoms. The monoisotopic (exact) mass is 296 g/mol. The maximum absolute atomic E-state index is 12.2. The number of aromatic nitrogens is 2. The van der Waals surface area contributed by atoms with Crippen molar-refractivity contribution in [2.24, 2.45) is 0 Å². The third-order valence-electron chi connectivity index (χ3n) is 3.86. The van der Waals surface area contributed by atoms with Crippen molar-refractivity contribution in [1.82, 2.24) is 15.1 Å². The van der Waals surface area contributed by atoms with E-state index in [1.54, 1.807) is 17.1 Å². The van der Waals surface area contributed by atoms with E-state index in [9.17, 15) is 4.79 Å². The van der Waals surface area contributed by atoms with Gasteiger partial charge >= 0.3 is 0 Å². The van der Waals surface area contributed by atoms with E-state index in [0.717, 1.165) is 18.7 Å². The van der Waals surface area contributed by atoms with Crippen LogP contribution in [0.1, 0.15) is 18.5 Å². The molecule has 2 heterocycles. The number of carbonyl (C=O) groups excluding carboxylic acids is 1. The van der Waals surface area contributed by atoms with E-state index in [1.165, 1.54) is 5.69 Å². The number of nitrogens with one attached hydrogen (secondary N) is 1. The summed E-state index contributed by atoms with van der Waals surface area (Å²) in [6.45, 7) is 4.27. The fraction of sp³-hybridized carbons (Fsp3) is 0.294. The van der Waals surface area contributed by atoms with Crippen LogP contribution in [0.25, 0.3) is 0 Å². The first-order valence-corrected chi connectivity index (χ1v) is 7.50. The van der Waals surface area contributed by atoms with E-state index >= 15 is 0 Å². The van der Waals surface area contributed by atoms with E-state index in [0.29, 0.717) is 6.54 Å². The second-order valence-electron chi connectivity index (χ2n) is 5.43. The molecule has 3 rings (SSSR count). The Labute approximate surface area is 130 Å². The first-order valence-electron chi connectivity index (χ1n) is 7.50. The van der Waals surface area contributed by atoms with E-state index < -0.39 is 0 Å². The molecular weight excluding hydrogens is 276 g/mol. The van der Waals surface area contributed by atoms with Gasteiger partial charge in [-0.15, -0.1) is 0 Å². The van der Waals surface area contributed by atoms with Gasteiger partial charge in [-0.3, -0.25) is 9.48 Å². The summed E-state index contributed by atoms with van der Waals surface area (Å²) >= 11 is 0. The standard InChI is InChI=1S/C17H20N4O/c1-14(21-11-5-8-19-21)17(22)18-13-15-6-4-7-16(12-15)20-9-2-3-10-20/h2-8,11-12,14H,9-10,13H2,1H3,(H,18,22)/t14-/m0/s1. The summed E-state index contributed by atoms with van der Waals surface area (Å²) in [6.07, 6.45) is 7.81. The summed E-state index contributed by atoms with van der Waals surface area (Å²) in [5.41, 5.74) is 2.29. The van der Waals surface area contributed by atoms with Crippen molar-refractivity contribution in [2.45, 2.75) is 19.5 Å². The molecule has 2 aromatic rings.